The van der Waals surface area contributed by atoms with Gasteiger partial charge in [0.2, 0.25) is 0 Å². The fourth-order valence-corrected chi connectivity index (χ4v) is 2.96. The van der Waals surface area contributed by atoms with E-state index >= 15 is 0 Å². The summed E-state index contributed by atoms with van der Waals surface area (Å²) in [7, 11) is -3.41. The van der Waals surface area contributed by atoms with Crippen LogP contribution in [0.15, 0.2) is 23.1 Å². The molecular formula is C10H12Cl2O2S. The Morgan fingerprint density at radius 3 is 2.07 bits per heavy atom. The number of rotatable bonds is 1. The van der Waals surface area contributed by atoms with Crippen LogP contribution >= 0.6 is 23.2 Å². The van der Waals surface area contributed by atoms with E-state index in [0.29, 0.717) is 5.02 Å². The second kappa shape index (κ2) is 3.96. The Kier molecular flexibility index (Phi) is 3.39. The molecule has 0 amide bonds. The standard InChI is InChI=1S/C10H12Cl2O2S/c1-10(2,3)15(13,14)9-5-4-7(11)6-8(9)12/h4-6H,1-3H3. The summed E-state index contributed by atoms with van der Waals surface area (Å²) in [6.45, 7) is 4.90. The SMILES string of the molecule is CC(C)(C)S(=O)(=O)c1ccc(Cl)cc1Cl. The van der Waals surface area contributed by atoms with Crippen molar-refractivity contribution in [3.63, 3.8) is 0 Å². The van der Waals surface area contributed by atoms with E-state index in [0.717, 1.165) is 0 Å². The summed E-state index contributed by atoms with van der Waals surface area (Å²) < 4.78 is 23.2. The third kappa shape index (κ3) is 2.47. The Balaban J connectivity index is 3.42. The van der Waals surface area contributed by atoms with E-state index in [-0.39, 0.29) is 9.92 Å². The zero-order chi connectivity index (χ0) is 11.9. The van der Waals surface area contributed by atoms with E-state index in [1.165, 1.54) is 18.2 Å². The van der Waals surface area contributed by atoms with Crippen molar-refractivity contribution in [1.29, 1.82) is 0 Å². The molecule has 84 valence electrons. The van der Waals surface area contributed by atoms with Gasteiger partial charge >= 0.3 is 0 Å². The van der Waals surface area contributed by atoms with Gasteiger partial charge in [0.1, 0.15) is 0 Å². The molecule has 0 aromatic heterocycles. The highest BCUT2D eigenvalue weighted by atomic mass is 35.5. The Bertz CT molecular complexity index is 473. The minimum absolute atomic E-state index is 0.126. The normalized spacial score (nSPS) is 12.9. The largest absolute Gasteiger partial charge is 0.223 e. The van der Waals surface area contributed by atoms with Crippen LogP contribution in [0, 0.1) is 0 Å². The van der Waals surface area contributed by atoms with Gasteiger partial charge in [-0.2, -0.15) is 0 Å². The van der Waals surface area contributed by atoms with Crippen molar-refractivity contribution in [3.05, 3.63) is 28.2 Å². The average molecular weight is 267 g/mol. The van der Waals surface area contributed by atoms with Gasteiger partial charge in [-0.05, 0) is 39.0 Å². The minimum atomic E-state index is -3.41. The topological polar surface area (TPSA) is 34.1 Å². The van der Waals surface area contributed by atoms with Crippen LogP contribution in [0.25, 0.3) is 0 Å². The van der Waals surface area contributed by atoms with Crippen LogP contribution in [0.2, 0.25) is 10.0 Å². The second-order valence-electron chi connectivity index (χ2n) is 4.19. The van der Waals surface area contributed by atoms with Gasteiger partial charge < -0.3 is 0 Å². The zero-order valence-electron chi connectivity index (χ0n) is 8.71. The Labute approximate surface area is 100 Å². The Morgan fingerprint density at radius 2 is 1.67 bits per heavy atom. The summed E-state index contributed by atoms with van der Waals surface area (Å²) in [6.07, 6.45) is 0. The Hall–Kier alpha value is -0.250. The number of hydrogen-bond acceptors (Lipinski definition) is 2. The van der Waals surface area contributed by atoms with Gasteiger partial charge in [0.15, 0.2) is 9.84 Å². The predicted molar refractivity (Wildman–Crippen MR) is 63.4 cm³/mol. The summed E-state index contributed by atoms with van der Waals surface area (Å²) in [5, 5.41) is 0.588. The summed E-state index contributed by atoms with van der Waals surface area (Å²) in [5.74, 6) is 0. The molecule has 0 radical (unpaired) electrons. The molecule has 0 bridgehead atoms. The van der Waals surface area contributed by atoms with Crippen LogP contribution in [0.1, 0.15) is 20.8 Å². The smallest absolute Gasteiger partial charge is 0.184 e. The van der Waals surface area contributed by atoms with E-state index in [1.807, 2.05) is 0 Å². The van der Waals surface area contributed by atoms with E-state index in [4.69, 9.17) is 23.2 Å². The molecule has 0 heterocycles. The molecule has 1 aromatic carbocycles. The summed E-state index contributed by atoms with van der Waals surface area (Å²) in [6, 6.07) is 4.39. The molecule has 0 N–H and O–H groups in total. The molecule has 0 saturated carbocycles. The third-order valence-electron chi connectivity index (χ3n) is 1.99. The Morgan fingerprint density at radius 1 is 1.13 bits per heavy atom. The molecule has 0 unspecified atom stereocenters. The highest BCUT2D eigenvalue weighted by Gasteiger charge is 2.32. The lowest BCUT2D eigenvalue weighted by Crippen LogP contribution is -2.28. The molecule has 15 heavy (non-hydrogen) atoms. The molecule has 0 fully saturated rings. The molecule has 0 atom stereocenters. The molecule has 0 saturated heterocycles. The average Bonchev–Trinajstić information content (AvgIpc) is 2.00. The highest BCUT2D eigenvalue weighted by Crippen LogP contribution is 2.31. The van der Waals surface area contributed by atoms with Crippen molar-refractivity contribution in [2.75, 3.05) is 0 Å². The molecule has 5 heteroatoms. The molecular weight excluding hydrogens is 255 g/mol. The van der Waals surface area contributed by atoms with Crippen LogP contribution in [0.4, 0.5) is 0 Å². The molecule has 1 aromatic rings. The predicted octanol–water partition coefficient (Wildman–Crippen LogP) is 3.57. The highest BCUT2D eigenvalue weighted by molar-refractivity contribution is 7.92. The van der Waals surface area contributed by atoms with Gasteiger partial charge in [-0.3, -0.25) is 0 Å². The quantitative estimate of drug-likeness (QED) is 0.779. The van der Waals surface area contributed by atoms with Crippen LogP contribution in [-0.2, 0) is 9.84 Å². The minimum Gasteiger partial charge on any atom is -0.223 e. The summed E-state index contributed by atoms with van der Waals surface area (Å²) in [5.41, 5.74) is 0. The third-order valence-corrected chi connectivity index (χ3v) is 5.20. The van der Waals surface area contributed by atoms with Crippen LogP contribution in [-0.4, -0.2) is 13.2 Å². The van der Waals surface area contributed by atoms with Crippen molar-refractivity contribution in [3.8, 4) is 0 Å². The van der Waals surface area contributed by atoms with E-state index in [2.05, 4.69) is 0 Å². The van der Waals surface area contributed by atoms with Crippen molar-refractivity contribution in [2.24, 2.45) is 0 Å². The van der Waals surface area contributed by atoms with Crippen molar-refractivity contribution in [2.45, 2.75) is 30.4 Å². The van der Waals surface area contributed by atoms with E-state index < -0.39 is 14.6 Å². The van der Waals surface area contributed by atoms with Crippen LogP contribution in [0.3, 0.4) is 0 Å². The first kappa shape index (κ1) is 12.8. The van der Waals surface area contributed by atoms with Gasteiger partial charge in [-0.25, -0.2) is 8.42 Å². The second-order valence-corrected chi connectivity index (χ2v) is 7.71. The van der Waals surface area contributed by atoms with Gasteiger partial charge in [-0.1, -0.05) is 23.2 Å². The fourth-order valence-electron chi connectivity index (χ4n) is 1.02. The summed E-state index contributed by atoms with van der Waals surface area (Å²) >= 11 is 11.6. The number of benzene rings is 1. The fraction of sp³-hybridized carbons (Fsp3) is 0.400. The first-order valence-corrected chi connectivity index (χ1v) is 6.60. The maximum atomic E-state index is 12.1. The number of halogens is 2. The molecule has 0 spiro atoms. The maximum absolute atomic E-state index is 12.1. The van der Waals surface area contributed by atoms with Crippen molar-refractivity contribution < 1.29 is 8.42 Å². The molecule has 1 rings (SSSR count). The first-order valence-electron chi connectivity index (χ1n) is 4.36. The van der Waals surface area contributed by atoms with Gasteiger partial charge in [0, 0.05) is 5.02 Å². The monoisotopic (exact) mass is 266 g/mol. The van der Waals surface area contributed by atoms with E-state index in [1.54, 1.807) is 20.8 Å². The van der Waals surface area contributed by atoms with E-state index in [9.17, 15) is 8.42 Å². The van der Waals surface area contributed by atoms with Gasteiger partial charge in [0.05, 0.1) is 14.7 Å². The zero-order valence-corrected chi connectivity index (χ0v) is 11.0. The molecule has 0 aliphatic heterocycles. The van der Waals surface area contributed by atoms with Gasteiger partial charge in [-0.15, -0.1) is 0 Å². The summed E-state index contributed by atoms with van der Waals surface area (Å²) in [4.78, 5) is 0.126. The lowest BCUT2D eigenvalue weighted by Gasteiger charge is -2.20. The van der Waals surface area contributed by atoms with Crippen LogP contribution in [0.5, 0.6) is 0 Å². The number of hydrogen-bond donors (Lipinski definition) is 0. The first-order chi connectivity index (χ1) is 6.66. The molecule has 0 aliphatic rings. The van der Waals surface area contributed by atoms with Crippen molar-refractivity contribution in [1.82, 2.24) is 0 Å². The lowest BCUT2D eigenvalue weighted by molar-refractivity contribution is 0.560. The van der Waals surface area contributed by atoms with Crippen molar-refractivity contribution >= 4 is 33.0 Å². The van der Waals surface area contributed by atoms with Crippen LogP contribution < -0.4 is 0 Å². The molecule has 0 aliphatic carbocycles. The molecule has 2 nitrogen and oxygen atoms in total. The maximum Gasteiger partial charge on any atom is 0.184 e. The van der Waals surface area contributed by atoms with Gasteiger partial charge in [0.25, 0.3) is 0 Å². The lowest BCUT2D eigenvalue weighted by atomic mass is 10.3. The number of sulfone groups is 1.